The van der Waals surface area contributed by atoms with E-state index in [4.69, 9.17) is 21.1 Å². The number of hydrogen-bond donors (Lipinski definition) is 1. The summed E-state index contributed by atoms with van der Waals surface area (Å²) in [7, 11) is 3.08. The molecule has 1 amide bonds. The van der Waals surface area contributed by atoms with Gasteiger partial charge in [-0.2, -0.15) is 0 Å². The Kier molecular flexibility index (Phi) is 5.66. The molecule has 0 aliphatic carbocycles. The molecule has 0 saturated carbocycles. The van der Waals surface area contributed by atoms with Gasteiger partial charge in [0.15, 0.2) is 6.23 Å². The molecule has 7 nitrogen and oxygen atoms in total. The van der Waals surface area contributed by atoms with E-state index in [0.29, 0.717) is 33.3 Å². The number of nitrogens with zero attached hydrogens (tertiary/aromatic N) is 3. The molecule has 1 aromatic carbocycles. The number of aromatic nitrogens is 2. The second-order valence-electron chi connectivity index (χ2n) is 7.45. The van der Waals surface area contributed by atoms with Crippen LogP contribution in [-0.2, 0) is 16.9 Å². The normalized spacial score (nSPS) is 17.4. The quantitative estimate of drug-likeness (QED) is 0.630. The van der Waals surface area contributed by atoms with Crippen molar-refractivity contribution in [3.8, 4) is 5.88 Å². The van der Waals surface area contributed by atoms with Crippen LogP contribution in [0, 0.1) is 0 Å². The maximum atomic E-state index is 13.2. The molecule has 1 aliphatic rings. The van der Waals surface area contributed by atoms with E-state index in [0.717, 1.165) is 5.56 Å². The summed E-state index contributed by atoms with van der Waals surface area (Å²) in [6, 6.07) is 12.2. The van der Waals surface area contributed by atoms with Crippen molar-refractivity contribution in [2.24, 2.45) is 0 Å². The summed E-state index contributed by atoms with van der Waals surface area (Å²) in [5.74, 6) is 0.208. The number of hydrogen-bond acceptors (Lipinski definition) is 6. The molecule has 1 aliphatic heterocycles. The Morgan fingerprint density at radius 2 is 1.90 bits per heavy atom. The van der Waals surface area contributed by atoms with Gasteiger partial charge in [-0.1, -0.05) is 23.7 Å². The lowest BCUT2D eigenvalue weighted by molar-refractivity contribution is -0.0167. The van der Waals surface area contributed by atoms with Gasteiger partial charge >= 0.3 is 0 Å². The Morgan fingerprint density at radius 3 is 2.58 bits per heavy atom. The zero-order valence-electron chi connectivity index (χ0n) is 17.4. The van der Waals surface area contributed by atoms with Gasteiger partial charge < -0.3 is 19.5 Å². The van der Waals surface area contributed by atoms with Gasteiger partial charge in [0.05, 0.1) is 24.4 Å². The SMILES string of the molecule is COc1cc(C(C)(O)c2ccc3c(c2)C(=O)N(Cc2ccc(Cl)cn2)C3OC)ccn1. The van der Waals surface area contributed by atoms with Crippen molar-refractivity contribution >= 4 is 17.5 Å². The van der Waals surface area contributed by atoms with Crippen LogP contribution in [-0.4, -0.2) is 40.1 Å². The zero-order chi connectivity index (χ0) is 22.2. The van der Waals surface area contributed by atoms with Crippen molar-refractivity contribution in [2.75, 3.05) is 14.2 Å². The first-order chi connectivity index (χ1) is 14.8. The summed E-state index contributed by atoms with van der Waals surface area (Å²) >= 11 is 5.91. The second kappa shape index (κ2) is 8.26. The maximum Gasteiger partial charge on any atom is 0.256 e. The highest BCUT2D eigenvalue weighted by Crippen LogP contribution is 2.39. The van der Waals surface area contributed by atoms with Crippen LogP contribution in [0.25, 0.3) is 0 Å². The third-order valence-electron chi connectivity index (χ3n) is 5.51. The van der Waals surface area contributed by atoms with Gasteiger partial charge in [0.25, 0.3) is 5.91 Å². The highest BCUT2D eigenvalue weighted by molar-refractivity contribution is 6.30. The van der Waals surface area contributed by atoms with Crippen molar-refractivity contribution in [1.82, 2.24) is 14.9 Å². The van der Waals surface area contributed by atoms with E-state index in [1.807, 2.05) is 6.07 Å². The molecule has 8 heteroatoms. The molecule has 1 N–H and O–H groups in total. The molecule has 31 heavy (non-hydrogen) atoms. The number of rotatable bonds is 6. The number of benzene rings is 1. The Labute approximate surface area is 185 Å². The predicted octanol–water partition coefficient (Wildman–Crippen LogP) is 3.70. The number of carbonyl (C=O) groups excluding carboxylic acids is 1. The van der Waals surface area contributed by atoms with E-state index >= 15 is 0 Å². The number of fused-ring (bicyclic) bond motifs is 1. The van der Waals surface area contributed by atoms with Crippen LogP contribution in [0.4, 0.5) is 0 Å². The maximum absolute atomic E-state index is 13.2. The molecule has 0 fully saturated rings. The summed E-state index contributed by atoms with van der Waals surface area (Å²) in [6.07, 6.45) is 2.58. The molecule has 160 valence electrons. The van der Waals surface area contributed by atoms with E-state index < -0.39 is 11.8 Å². The number of halogens is 1. The summed E-state index contributed by atoms with van der Waals surface area (Å²) in [5.41, 5.74) is 1.76. The highest BCUT2D eigenvalue weighted by atomic mass is 35.5. The molecular formula is C23H22ClN3O4. The van der Waals surface area contributed by atoms with Crippen LogP contribution in [0.3, 0.4) is 0 Å². The molecule has 0 bridgehead atoms. The summed E-state index contributed by atoms with van der Waals surface area (Å²) in [6.45, 7) is 1.95. The Balaban J connectivity index is 1.68. The first-order valence-electron chi connectivity index (χ1n) is 9.66. The lowest BCUT2D eigenvalue weighted by Crippen LogP contribution is -2.29. The van der Waals surface area contributed by atoms with E-state index in [2.05, 4.69) is 9.97 Å². The number of amides is 1. The average Bonchev–Trinajstić information content (AvgIpc) is 3.05. The van der Waals surface area contributed by atoms with Crippen LogP contribution in [0.1, 0.15) is 45.9 Å². The molecule has 4 rings (SSSR count). The largest absolute Gasteiger partial charge is 0.481 e. The molecule has 0 spiro atoms. The Hall–Kier alpha value is -3.00. The minimum absolute atomic E-state index is 0.191. The van der Waals surface area contributed by atoms with Crippen molar-refractivity contribution < 1.29 is 19.4 Å². The molecule has 2 unspecified atom stereocenters. The van der Waals surface area contributed by atoms with E-state index in [9.17, 15) is 9.90 Å². The van der Waals surface area contributed by atoms with Crippen LogP contribution in [0.5, 0.6) is 5.88 Å². The third-order valence-corrected chi connectivity index (χ3v) is 5.73. The second-order valence-corrected chi connectivity index (χ2v) is 7.89. The number of methoxy groups -OCH3 is 2. The standard InChI is InChI=1S/C23H22ClN3O4/c1-23(29,15-8-9-25-20(11-15)30-2)14-4-7-18-19(10-14)21(28)27(22(18)31-3)13-17-6-5-16(24)12-26-17/h4-12,22,29H,13H2,1-3H3. The van der Waals surface area contributed by atoms with Crippen LogP contribution in [0.15, 0.2) is 54.9 Å². The fourth-order valence-corrected chi connectivity index (χ4v) is 3.87. The van der Waals surface area contributed by atoms with Gasteiger partial charge in [0, 0.05) is 36.7 Å². The molecular weight excluding hydrogens is 418 g/mol. The molecule has 3 heterocycles. The molecule has 2 atom stereocenters. The summed E-state index contributed by atoms with van der Waals surface area (Å²) in [4.78, 5) is 23.2. The van der Waals surface area contributed by atoms with Gasteiger partial charge in [0.1, 0.15) is 5.60 Å². The topological polar surface area (TPSA) is 84.8 Å². The highest BCUT2D eigenvalue weighted by Gasteiger charge is 2.39. The lowest BCUT2D eigenvalue weighted by Gasteiger charge is -2.25. The van der Waals surface area contributed by atoms with Crippen LogP contribution in [0.2, 0.25) is 5.02 Å². The van der Waals surface area contributed by atoms with Gasteiger partial charge in [-0.05, 0) is 42.3 Å². The molecule has 0 radical (unpaired) electrons. The van der Waals surface area contributed by atoms with Gasteiger partial charge in [-0.25, -0.2) is 4.98 Å². The van der Waals surface area contributed by atoms with Gasteiger partial charge in [0.2, 0.25) is 5.88 Å². The van der Waals surface area contributed by atoms with E-state index in [1.54, 1.807) is 67.7 Å². The predicted molar refractivity (Wildman–Crippen MR) is 115 cm³/mol. The minimum Gasteiger partial charge on any atom is -0.481 e. The van der Waals surface area contributed by atoms with Crippen molar-refractivity contribution in [3.05, 3.63) is 87.8 Å². The van der Waals surface area contributed by atoms with Crippen LogP contribution >= 0.6 is 11.6 Å². The first kappa shape index (κ1) is 21.2. The fourth-order valence-electron chi connectivity index (χ4n) is 3.76. The lowest BCUT2D eigenvalue weighted by atomic mass is 9.87. The van der Waals surface area contributed by atoms with Gasteiger partial charge in [-0.15, -0.1) is 0 Å². The number of pyridine rings is 2. The third kappa shape index (κ3) is 3.87. The average molecular weight is 440 g/mol. The summed E-state index contributed by atoms with van der Waals surface area (Å²) < 4.78 is 10.8. The minimum atomic E-state index is -1.35. The van der Waals surface area contributed by atoms with Crippen molar-refractivity contribution in [1.29, 1.82) is 0 Å². The Bertz CT molecular complexity index is 1120. The molecule has 2 aromatic heterocycles. The van der Waals surface area contributed by atoms with E-state index in [1.165, 1.54) is 7.11 Å². The fraction of sp³-hybridized carbons (Fsp3) is 0.261. The summed E-state index contributed by atoms with van der Waals surface area (Å²) in [5, 5.41) is 11.8. The van der Waals surface area contributed by atoms with Gasteiger partial charge in [-0.3, -0.25) is 9.78 Å². The molecule has 0 saturated heterocycles. The molecule has 3 aromatic rings. The van der Waals surface area contributed by atoms with Crippen molar-refractivity contribution in [2.45, 2.75) is 25.3 Å². The monoisotopic (exact) mass is 439 g/mol. The zero-order valence-corrected chi connectivity index (χ0v) is 18.1. The van der Waals surface area contributed by atoms with Crippen molar-refractivity contribution in [3.63, 3.8) is 0 Å². The van der Waals surface area contributed by atoms with Crippen LogP contribution < -0.4 is 4.74 Å². The Morgan fingerprint density at radius 1 is 1.13 bits per heavy atom. The number of ether oxygens (including phenoxy) is 2. The van der Waals surface area contributed by atoms with E-state index in [-0.39, 0.29) is 12.5 Å². The number of aliphatic hydroxyl groups is 1. The smallest absolute Gasteiger partial charge is 0.256 e. The number of carbonyl (C=O) groups is 1. The first-order valence-corrected chi connectivity index (χ1v) is 10.0.